The summed E-state index contributed by atoms with van der Waals surface area (Å²) in [4.78, 5) is 12.3. The largest absolute Gasteiger partial charge is 0.360 e. The number of likely N-dealkylation sites (N-methyl/N-ethyl adjacent to an activating group) is 1. The second-order valence-electron chi connectivity index (χ2n) is 7.36. The van der Waals surface area contributed by atoms with Gasteiger partial charge in [0, 0.05) is 13.1 Å². The van der Waals surface area contributed by atoms with Crippen LogP contribution in [0.3, 0.4) is 0 Å². The summed E-state index contributed by atoms with van der Waals surface area (Å²) >= 11 is 0. The van der Waals surface area contributed by atoms with Gasteiger partial charge in [-0.1, -0.05) is 38.1 Å². The predicted octanol–water partition coefficient (Wildman–Crippen LogP) is 2.85. The van der Waals surface area contributed by atoms with Crippen molar-refractivity contribution in [2.75, 3.05) is 18.9 Å². The van der Waals surface area contributed by atoms with E-state index in [9.17, 15) is 13.2 Å². The van der Waals surface area contributed by atoms with Crippen LogP contribution in [0.1, 0.15) is 37.7 Å². The lowest BCUT2D eigenvalue weighted by Crippen LogP contribution is -2.35. The Bertz CT molecular complexity index is 911. The number of nitrogens with zero attached hydrogens (tertiary/aromatic N) is 2. The molecule has 1 aromatic carbocycles. The standard InChI is InChI=1S/C18H25N3O4S/c1-12-7-8-14(18(3,4)5)10-15(12)26(23,24)21(6)11-17(22)19-16-9-13(2)25-20-16/h7-10H,11H2,1-6H3,(H,19,20,22). The average Bonchev–Trinajstić information content (AvgIpc) is 2.91. The van der Waals surface area contributed by atoms with Crippen LogP contribution in [-0.2, 0) is 20.2 Å². The Labute approximate surface area is 154 Å². The fourth-order valence-corrected chi connectivity index (χ4v) is 3.78. The fraction of sp³-hybridized carbons (Fsp3) is 0.444. The Morgan fingerprint density at radius 2 is 1.88 bits per heavy atom. The van der Waals surface area contributed by atoms with Crippen molar-refractivity contribution in [1.82, 2.24) is 9.46 Å². The van der Waals surface area contributed by atoms with Gasteiger partial charge in [-0.3, -0.25) is 4.79 Å². The lowest BCUT2D eigenvalue weighted by atomic mass is 9.87. The molecule has 26 heavy (non-hydrogen) atoms. The van der Waals surface area contributed by atoms with Crippen molar-refractivity contribution < 1.29 is 17.7 Å². The fourth-order valence-electron chi connectivity index (χ4n) is 2.41. The molecule has 7 nitrogen and oxygen atoms in total. The molecule has 0 atom stereocenters. The van der Waals surface area contributed by atoms with E-state index >= 15 is 0 Å². The monoisotopic (exact) mass is 379 g/mol. The molecule has 1 aromatic heterocycles. The van der Waals surface area contributed by atoms with Crippen LogP contribution >= 0.6 is 0 Å². The lowest BCUT2D eigenvalue weighted by molar-refractivity contribution is -0.116. The van der Waals surface area contributed by atoms with E-state index in [1.54, 1.807) is 32.0 Å². The van der Waals surface area contributed by atoms with Crippen molar-refractivity contribution in [3.05, 3.63) is 41.2 Å². The maximum atomic E-state index is 12.9. The van der Waals surface area contributed by atoms with Crippen LogP contribution in [0.2, 0.25) is 0 Å². The minimum atomic E-state index is -3.81. The van der Waals surface area contributed by atoms with E-state index in [2.05, 4.69) is 10.5 Å². The normalized spacial score (nSPS) is 12.4. The topological polar surface area (TPSA) is 92.5 Å². The molecule has 0 saturated heterocycles. The maximum absolute atomic E-state index is 12.9. The quantitative estimate of drug-likeness (QED) is 0.862. The molecule has 142 valence electrons. The Kier molecular flexibility index (Phi) is 5.58. The van der Waals surface area contributed by atoms with Crippen molar-refractivity contribution in [2.24, 2.45) is 0 Å². The smallest absolute Gasteiger partial charge is 0.243 e. The van der Waals surface area contributed by atoms with E-state index in [0.29, 0.717) is 11.3 Å². The molecule has 0 aliphatic rings. The number of nitrogens with one attached hydrogen (secondary N) is 1. The number of anilines is 1. The molecule has 1 heterocycles. The van der Waals surface area contributed by atoms with Crippen LogP contribution in [0.15, 0.2) is 33.7 Å². The van der Waals surface area contributed by atoms with E-state index in [4.69, 9.17) is 4.52 Å². The van der Waals surface area contributed by atoms with Crippen molar-refractivity contribution in [1.29, 1.82) is 0 Å². The summed E-state index contributed by atoms with van der Waals surface area (Å²) in [5.41, 5.74) is 1.37. The molecule has 0 aliphatic heterocycles. The molecule has 0 fully saturated rings. The Morgan fingerprint density at radius 3 is 2.42 bits per heavy atom. The molecular formula is C18H25N3O4S. The van der Waals surface area contributed by atoms with Crippen molar-refractivity contribution in [3.8, 4) is 0 Å². The Morgan fingerprint density at radius 1 is 1.23 bits per heavy atom. The molecule has 0 aliphatic carbocycles. The summed E-state index contributed by atoms with van der Waals surface area (Å²) in [6.07, 6.45) is 0. The highest BCUT2D eigenvalue weighted by atomic mass is 32.2. The first-order valence-electron chi connectivity index (χ1n) is 8.22. The van der Waals surface area contributed by atoms with E-state index < -0.39 is 15.9 Å². The van der Waals surface area contributed by atoms with Crippen LogP contribution < -0.4 is 5.32 Å². The minimum absolute atomic E-state index is 0.182. The second kappa shape index (κ2) is 7.20. The van der Waals surface area contributed by atoms with Crippen molar-refractivity contribution in [2.45, 2.75) is 44.9 Å². The van der Waals surface area contributed by atoms with E-state index in [0.717, 1.165) is 9.87 Å². The summed E-state index contributed by atoms with van der Waals surface area (Å²) < 4.78 is 31.8. The molecule has 0 bridgehead atoms. The summed E-state index contributed by atoms with van der Waals surface area (Å²) in [5.74, 6) is 0.314. The SMILES string of the molecule is Cc1cc(NC(=O)CN(C)S(=O)(=O)c2cc(C(C)(C)C)ccc2C)no1. The molecule has 2 rings (SSSR count). The van der Waals surface area contributed by atoms with Crippen LogP contribution in [-0.4, -0.2) is 37.4 Å². The first-order valence-corrected chi connectivity index (χ1v) is 9.66. The van der Waals surface area contributed by atoms with Gasteiger partial charge in [-0.2, -0.15) is 4.31 Å². The predicted molar refractivity (Wildman–Crippen MR) is 99.6 cm³/mol. The van der Waals surface area contributed by atoms with Crippen LogP contribution in [0.5, 0.6) is 0 Å². The van der Waals surface area contributed by atoms with Crippen molar-refractivity contribution >= 4 is 21.7 Å². The maximum Gasteiger partial charge on any atom is 0.243 e. The highest BCUT2D eigenvalue weighted by Gasteiger charge is 2.27. The van der Waals surface area contributed by atoms with Crippen molar-refractivity contribution in [3.63, 3.8) is 0 Å². The zero-order valence-electron chi connectivity index (χ0n) is 16.0. The van der Waals surface area contributed by atoms with Gasteiger partial charge in [-0.25, -0.2) is 8.42 Å². The zero-order chi connectivity index (χ0) is 19.7. The molecule has 0 radical (unpaired) electrons. The van der Waals surface area contributed by atoms with Gasteiger partial charge in [-0.05, 0) is 36.5 Å². The number of amides is 1. The van der Waals surface area contributed by atoms with Gasteiger partial charge in [0.1, 0.15) is 5.76 Å². The lowest BCUT2D eigenvalue weighted by Gasteiger charge is -2.23. The summed E-state index contributed by atoms with van der Waals surface area (Å²) in [6.45, 7) is 9.17. The second-order valence-corrected chi connectivity index (χ2v) is 9.38. The third-order valence-electron chi connectivity index (χ3n) is 4.00. The first kappa shape index (κ1) is 20.1. The minimum Gasteiger partial charge on any atom is -0.360 e. The Balaban J connectivity index is 2.22. The number of sulfonamides is 1. The zero-order valence-corrected chi connectivity index (χ0v) is 16.8. The molecule has 2 aromatic rings. The average molecular weight is 379 g/mol. The van der Waals surface area contributed by atoms with Gasteiger partial charge in [0.15, 0.2) is 5.82 Å². The number of carbonyl (C=O) groups is 1. The number of aromatic nitrogens is 1. The van der Waals surface area contributed by atoms with Crippen LogP contribution in [0, 0.1) is 13.8 Å². The number of aryl methyl sites for hydroxylation is 2. The molecular weight excluding hydrogens is 354 g/mol. The summed E-state index contributed by atoms with van der Waals surface area (Å²) in [5, 5.41) is 6.18. The highest BCUT2D eigenvalue weighted by Crippen LogP contribution is 2.28. The third-order valence-corrected chi connectivity index (χ3v) is 5.95. The van der Waals surface area contributed by atoms with Gasteiger partial charge >= 0.3 is 0 Å². The summed E-state index contributed by atoms with van der Waals surface area (Å²) in [7, 11) is -2.42. The van der Waals surface area contributed by atoms with Crippen LogP contribution in [0.4, 0.5) is 5.82 Å². The molecule has 0 unspecified atom stereocenters. The van der Waals surface area contributed by atoms with Gasteiger partial charge < -0.3 is 9.84 Å². The number of hydrogen-bond donors (Lipinski definition) is 1. The van der Waals surface area contributed by atoms with Gasteiger partial charge in [0.05, 0.1) is 11.4 Å². The molecule has 1 N–H and O–H groups in total. The van der Waals surface area contributed by atoms with Gasteiger partial charge in [0.2, 0.25) is 15.9 Å². The van der Waals surface area contributed by atoms with E-state index in [1.807, 2.05) is 26.8 Å². The first-order chi connectivity index (χ1) is 11.9. The Hall–Kier alpha value is -2.19. The molecule has 0 spiro atoms. The third kappa shape index (κ3) is 4.50. The van der Waals surface area contributed by atoms with Gasteiger partial charge in [0.25, 0.3) is 0 Å². The van der Waals surface area contributed by atoms with E-state index in [1.165, 1.54) is 7.05 Å². The molecule has 0 saturated carbocycles. The van der Waals surface area contributed by atoms with Crippen LogP contribution in [0.25, 0.3) is 0 Å². The highest BCUT2D eigenvalue weighted by molar-refractivity contribution is 7.89. The molecule has 1 amide bonds. The summed E-state index contributed by atoms with van der Waals surface area (Å²) in [6, 6.07) is 6.96. The number of hydrogen-bond acceptors (Lipinski definition) is 5. The molecule has 8 heteroatoms. The number of benzene rings is 1. The number of rotatable bonds is 5. The van der Waals surface area contributed by atoms with E-state index in [-0.39, 0.29) is 22.7 Å². The van der Waals surface area contributed by atoms with Gasteiger partial charge in [-0.15, -0.1) is 0 Å². The number of carbonyl (C=O) groups excluding carboxylic acids is 1.